The summed E-state index contributed by atoms with van der Waals surface area (Å²) < 4.78 is 0. The van der Waals surface area contributed by atoms with Crippen LogP contribution in [0.15, 0.2) is 217 Å². The summed E-state index contributed by atoms with van der Waals surface area (Å²) in [7, 11) is 0. The zero-order valence-electron chi connectivity index (χ0n) is 34.5. The van der Waals surface area contributed by atoms with Crippen LogP contribution in [0.3, 0.4) is 0 Å². The molecule has 0 N–H and O–H groups in total. The lowest BCUT2D eigenvalue weighted by Gasteiger charge is -2.30. The van der Waals surface area contributed by atoms with Gasteiger partial charge in [-0.3, -0.25) is 0 Å². The van der Waals surface area contributed by atoms with Gasteiger partial charge >= 0.3 is 0 Å². The Bertz CT molecular complexity index is 3340. The van der Waals surface area contributed by atoms with Crippen LogP contribution in [0.4, 0.5) is 0 Å². The number of hydrogen-bond acceptors (Lipinski definition) is 4. The lowest BCUT2D eigenvalue weighted by Crippen LogP contribution is -2.28. The smallest absolute Gasteiger partial charge is 0.164 e. The summed E-state index contributed by atoms with van der Waals surface area (Å²) >= 11 is 1.93. The number of rotatable bonds is 5. The van der Waals surface area contributed by atoms with Gasteiger partial charge in [-0.05, 0) is 96.6 Å². The number of thioether (sulfide) groups is 1. The molecule has 3 aliphatic carbocycles. The Balaban J connectivity index is 0.873. The second-order valence-electron chi connectivity index (χ2n) is 17.3. The first kappa shape index (κ1) is 36.3. The van der Waals surface area contributed by atoms with E-state index >= 15 is 0 Å². The van der Waals surface area contributed by atoms with Crippen LogP contribution in [0.5, 0.6) is 0 Å². The van der Waals surface area contributed by atoms with Gasteiger partial charge < -0.3 is 0 Å². The molecule has 8 aromatic carbocycles. The van der Waals surface area contributed by atoms with Gasteiger partial charge in [0.1, 0.15) is 0 Å². The predicted molar refractivity (Wildman–Crippen MR) is 259 cm³/mol. The Hall–Kier alpha value is -7.40. The average Bonchev–Trinajstić information content (AvgIpc) is 3.94. The Kier molecular flexibility index (Phi) is 7.95. The van der Waals surface area contributed by atoms with Crippen LogP contribution in [0, 0.1) is 0 Å². The van der Waals surface area contributed by atoms with E-state index in [0.29, 0.717) is 22.7 Å². The topological polar surface area (TPSA) is 38.7 Å². The third-order valence-corrected chi connectivity index (χ3v) is 15.4. The van der Waals surface area contributed by atoms with Crippen molar-refractivity contribution >= 4 is 11.8 Å². The molecule has 0 amide bonds. The van der Waals surface area contributed by atoms with Crippen LogP contribution in [-0.4, -0.2) is 20.2 Å². The Morgan fingerprint density at radius 2 is 0.857 bits per heavy atom. The van der Waals surface area contributed by atoms with Gasteiger partial charge in [-0.2, -0.15) is 0 Å². The van der Waals surface area contributed by atoms with Gasteiger partial charge in [0.05, 0.1) is 5.41 Å². The lowest BCUT2D eigenvalue weighted by atomic mass is 9.70. The van der Waals surface area contributed by atoms with Crippen LogP contribution in [0.1, 0.15) is 34.7 Å². The number of hydrogen-bond donors (Lipinski definition) is 0. The molecule has 4 aliphatic rings. The Labute approximate surface area is 371 Å². The fourth-order valence-corrected chi connectivity index (χ4v) is 12.2. The highest BCUT2D eigenvalue weighted by molar-refractivity contribution is 8.00. The van der Waals surface area contributed by atoms with Crippen molar-refractivity contribution in [2.24, 2.45) is 0 Å². The number of fused-ring (bicyclic) bond motifs is 13. The SMILES string of the molecule is CC12C=CC=CC1Sc1ccc(-c3nc(-c4ccccc4)nc(-c4cccc(-c5ccc(-c6ccc7c(c6)C6(c8ccccc8-c8ccccc86)c6ccccc6-7)cc5)c4)n3)cc12. The van der Waals surface area contributed by atoms with Gasteiger partial charge in [0.15, 0.2) is 17.5 Å². The molecule has 9 aromatic rings. The fraction of sp³-hybridized carbons (Fsp3) is 0.0678. The van der Waals surface area contributed by atoms with E-state index in [2.05, 4.69) is 201 Å². The van der Waals surface area contributed by atoms with Gasteiger partial charge in [0.2, 0.25) is 0 Å². The van der Waals surface area contributed by atoms with Gasteiger partial charge in [0.25, 0.3) is 0 Å². The van der Waals surface area contributed by atoms with Crippen molar-refractivity contribution < 1.29 is 0 Å². The molecule has 13 rings (SSSR count). The van der Waals surface area contributed by atoms with Crippen LogP contribution >= 0.6 is 11.8 Å². The first-order valence-corrected chi connectivity index (χ1v) is 22.6. The summed E-state index contributed by atoms with van der Waals surface area (Å²) in [5.41, 5.74) is 19.1. The fourth-order valence-electron chi connectivity index (χ4n) is 10.8. The molecule has 4 heteroatoms. The Morgan fingerprint density at radius 1 is 0.381 bits per heavy atom. The van der Waals surface area contributed by atoms with Gasteiger partial charge in [-0.25, -0.2) is 15.0 Å². The molecular weight excluding hydrogens is 783 g/mol. The van der Waals surface area contributed by atoms with Crippen molar-refractivity contribution in [3.8, 4) is 78.7 Å². The summed E-state index contributed by atoms with van der Waals surface area (Å²) in [6.07, 6.45) is 8.98. The highest BCUT2D eigenvalue weighted by atomic mass is 32.2. The standard InChI is InChI=1S/C59H39N3S/c1-58-33-12-11-24-54(58)63-53-32-30-43(36-52(53)58)57-61-55(39-14-3-2-4-15-39)60-56(62-57)42-17-13-16-40(34-42)37-25-27-38(28-26-37)41-29-31-47-46-20-7-10-23-50(46)59(51(47)35-41)48-21-8-5-18-44(48)45-19-6-9-22-49(45)59/h2-36,54H,1H3. The van der Waals surface area contributed by atoms with Gasteiger partial charge in [-0.1, -0.05) is 195 Å². The molecule has 1 spiro atoms. The summed E-state index contributed by atoms with van der Waals surface area (Å²) in [6.45, 7) is 2.33. The molecule has 296 valence electrons. The summed E-state index contributed by atoms with van der Waals surface area (Å²) in [4.78, 5) is 16.7. The van der Waals surface area contributed by atoms with E-state index in [1.54, 1.807) is 0 Å². The maximum absolute atomic E-state index is 5.18. The van der Waals surface area contributed by atoms with Crippen molar-refractivity contribution in [3.63, 3.8) is 0 Å². The third kappa shape index (κ3) is 5.38. The Morgan fingerprint density at radius 3 is 1.51 bits per heavy atom. The minimum Gasteiger partial charge on any atom is -0.208 e. The number of aromatic nitrogens is 3. The molecule has 0 fully saturated rings. The zero-order valence-corrected chi connectivity index (χ0v) is 35.4. The molecule has 3 nitrogen and oxygen atoms in total. The van der Waals surface area contributed by atoms with Crippen molar-refractivity contribution in [2.45, 2.75) is 27.9 Å². The molecular formula is C59H39N3S. The number of nitrogens with zero attached hydrogens (tertiary/aromatic N) is 3. The molecule has 2 heterocycles. The third-order valence-electron chi connectivity index (χ3n) is 13.8. The minimum atomic E-state index is -0.365. The molecule has 63 heavy (non-hydrogen) atoms. The van der Waals surface area contributed by atoms with E-state index in [0.717, 1.165) is 27.8 Å². The molecule has 2 unspecified atom stereocenters. The predicted octanol–water partition coefficient (Wildman–Crippen LogP) is 14.4. The van der Waals surface area contributed by atoms with Gasteiger partial charge in [-0.15, -0.1) is 11.8 Å². The quantitative estimate of drug-likeness (QED) is 0.173. The molecule has 0 radical (unpaired) electrons. The van der Waals surface area contributed by atoms with E-state index in [4.69, 9.17) is 15.0 Å². The molecule has 1 aliphatic heterocycles. The summed E-state index contributed by atoms with van der Waals surface area (Å²) in [5.74, 6) is 1.99. The maximum atomic E-state index is 5.18. The van der Waals surface area contributed by atoms with Crippen LogP contribution in [0.2, 0.25) is 0 Å². The minimum absolute atomic E-state index is 0.0737. The van der Waals surface area contributed by atoms with Crippen molar-refractivity contribution in [1.29, 1.82) is 0 Å². The number of benzene rings is 8. The van der Waals surface area contributed by atoms with Gasteiger partial charge in [0, 0.05) is 32.3 Å². The van der Waals surface area contributed by atoms with Crippen molar-refractivity contribution in [2.75, 3.05) is 0 Å². The highest BCUT2D eigenvalue weighted by Gasteiger charge is 2.51. The summed E-state index contributed by atoms with van der Waals surface area (Å²) in [5, 5.41) is 0.380. The first-order chi connectivity index (χ1) is 31.1. The average molecular weight is 822 g/mol. The van der Waals surface area contributed by atoms with E-state index in [-0.39, 0.29) is 10.8 Å². The second kappa shape index (κ2) is 13.8. The van der Waals surface area contributed by atoms with E-state index in [9.17, 15) is 0 Å². The molecule has 0 saturated carbocycles. The molecule has 1 aromatic heterocycles. The maximum Gasteiger partial charge on any atom is 0.164 e. The first-order valence-electron chi connectivity index (χ1n) is 21.7. The van der Waals surface area contributed by atoms with E-state index < -0.39 is 0 Å². The number of allylic oxidation sites excluding steroid dienone is 3. The van der Waals surface area contributed by atoms with Crippen molar-refractivity contribution in [1.82, 2.24) is 15.0 Å². The van der Waals surface area contributed by atoms with Crippen LogP contribution in [-0.2, 0) is 10.8 Å². The lowest BCUT2D eigenvalue weighted by molar-refractivity contribution is 0.620. The second-order valence-corrected chi connectivity index (χ2v) is 18.4. The largest absolute Gasteiger partial charge is 0.208 e. The van der Waals surface area contributed by atoms with Crippen LogP contribution in [0.25, 0.3) is 78.7 Å². The van der Waals surface area contributed by atoms with E-state index in [1.165, 1.54) is 66.1 Å². The normalized spacial score (nSPS) is 17.8. The van der Waals surface area contributed by atoms with E-state index in [1.807, 2.05) is 30.0 Å². The zero-order chi connectivity index (χ0) is 41.7. The molecule has 2 atom stereocenters. The van der Waals surface area contributed by atoms with Crippen molar-refractivity contribution in [3.05, 3.63) is 240 Å². The monoisotopic (exact) mass is 821 g/mol. The molecule has 0 saturated heterocycles. The molecule has 0 bridgehead atoms. The highest BCUT2D eigenvalue weighted by Crippen LogP contribution is 2.63. The summed E-state index contributed by atoms with van der Waals surface area (Å²) in [6, 6.07) is 68.6. The van der Waals surface area contributed by atoms with Crippen LogP contribution < -0.4 is 0 Å².